The van der Waals surface area contributed by atoms with E-state index in [0.717, 1.165) is 0 Å². The third-order valence-corrected chi connectivity index (χ3v) is 4.63. The summed E-state index contributed by atoms with van der Waals surface area (Å²) in [5, 5.41) is 12.2. The van der Waals surface area contributed by atoms with Gasteiger partial charge in [0.2, 0.25) is 5.91 Å². The number of nitrogens with one attached hydrogen (secondary N) is 1. The van der Waals surface area contributed by atoms with Crippen LogP contribution in [0.1, 0.15) is 34.0 Å². The van der Waals surface area contributed by atoms with Crippen LogP contribution < -0.4 is 5.32 Å². The standard InChI is InChI=1S/C20H14F2N2O3/c21-12-3-1-11(2-4-12)15-9-17(25)23-18-16(20(26)27)10-24(19(15)18)14-7-5-13(22)6-8-14/h1-8,10,15H,9H2,(H,23,25)(H,26,27). The Labute approximate surface area is 152 Å². The van der Waals surface area contributed by atoms with Crippen LogP contribution in [0.3, 0.4) is 0 Å². The maximum atomic E-state index is 13.3. The van der Waals surface area contributed by atoms with E-state index in [2.05, 4.69) is 5.32 Å². The lowest BCUT2D eigenvalue weighted by atomic mass is 9.88. The average molecular weight is 368 g/mol. The molecule has 1 aliphatic rings. The summed E-state index contributed by atoms with van der Waals surface area (Å²) in [6.07, 6.45) is 1.49. The minimum Gasteiger partial charge on any atom is -0.478 e. The third-order valence-electron chi connectivity index (χ3n) is 4.63. The van der Waals surface area contributed by atoms with E-state index in [9.17, 15) is 23.5 Å². The van der Waals surface area contributed by atoms with E-state index >= 15 is 0 Å². The first-order valence-corrected chi connectivity index (χ1v) is 8.24. The predicted octanol–water partition coefficient (Wildman–Crippen LogP) is 3.93. The van der Waals surface area contributed by atoms with Crippen molar-refractivity contribution in [1.29, 1.82) is 0 Å². The Hall–Kier alpha value is -3.48. The summed E-state index contributed by atoms with van der Waals surface area (Å²) < 4.78 is 28.3. The molecular weight excluding hydrogens is 354 g/mol. The molecule has 0 fully saturated rings. The van der Waals surface area contributed by atoms with Gasteiger partial charge in [-0.05, 0) is 42.0 Å². The van der Waals surface area contributed by atoms with Crippen molar-refractivity contribution in [2.45, 2.75) is 12.3 Å². The van der Waals surface area contributed by atoms with Crippen LogP contribution in [0, 0.1) is 11.6 Å². The summed E-state index contributed by atoms with van der Waals surface area (Å²) in [6.45, 7) is 0. The quantitative estimate of drug-likeness (QED) is 0.736. The second kappa shape index (κ2) is 6.35. The van der Waals surface area contributed by atoms with Crippen molar-refractivity contribution >= 4 is 17.6 Å². The Morgan fingerprint density at radius 1 is 1.04 bits per heavy atom. The molecule has 0 bridgehead atoms. The summed E-state index contributed by atoms with van der Waals surface area (Å²) in [4.78, 5) is 23.9. The molecule has 1 amide bonds. The molecule has 7 heteroatoms. The molecule has 0 aliphatic carbocycles. The molecule has 0 spiro atoms. The summed E-state index contributed by atoms with van der Waals surface area (Å²) in [5.41, 5.74) is 1.95. The number of hydrogen-bond donors (Lipinski definition) is 2. The van der Waals surface area contributed by atoms with E-state index in [1.165, 1.54) is 42.6 Å². The Morgan fingerprint density at radius 2 is 1.63 bits per heavy atom. The van der Waals surface area contributed by atoms with Gasteiger partial charge >= 0.3 is 5.97 Å². The molecule has 4 rings (SSSR count). The molecule has 136 valence electrons. The first-order valence-electron chi connectivity index (χ1n) is 8.24. The highest BCUT2D eigenvalue weighted by atomic mass is 19.1. The highest BCUT2D eigenvalue weighted by molar-refractivity contribution is 6.04. The van der Waals surface area contributed by atoms with E-state index in [1.807, 2.05) is 0 Å². The van der Waals surface area contributed by atoms with Crippen LogP contribution in [0.15, 0.2) is 54.7 Å². The molecule has 1 aromatic heterocycles. The summed E-state index contributed by atoms with van der Waals surface area (Å²) in [5.74, 6) is -2.79. The Balaban J connectivity index is 1.95. The summed E-state index contributed by atoms with van der Waals surface area (Å²) >= 11 is 0. The van der Waals surface area contributed by atoms with Crippen LogP contribution in [0.4, 0.5) is 14.5 Å². The van der Waals surface area contributed by atoms with Crippen LogP contribution >= 0.6 is 0 Å². The zero-order chi connectivity index (χ0) is 19.1. The van der Waals surface area contributed by atoms with Gasteiger partial charge in [-0.2, -0.15) is 0 Å². The Kier molecular flexibility index (Phi) is 3.99. The molecule has 2 aromatic carbocycles. The maximum absolute atomic E-state index is 13.3. The monoisotopic (exact) mass is 368 g/mol. The topological polar surface area (TPSA) is 71.3 Å². The highest BCUT2D eigenvalue weighted by Gasteiger charge is 2.34. The normalized spacial score (nSPS) is 15.9. The smallest absolute Gasteiger partial charge is 0.339 e. The first kappa shape index (κ1) is 17.0. The van der Waals surface area contributed by atoms with Crippen molar-refractivity contribution in [1.82, 2.24) is 4.57 Å². The lowest BCUT2D eigenvalue weighted by molar-refractivity contribution is -0.116. The van der Waals surface area contributed by atoms with Gasteiger partial charge in [0.25, 0.3) is 0 Å². The second-order valence-electron chi connectivity index (χ2n) is 6.31. The number of aromatic nitrogens is 1. The van der Waals surface area contributed by atoms with Crippen LogP contribution in [-0.4, -0.2) is 21.6 Å². The van der Waals surface area contributed by atoms with Gasteiger partial charge in [0.15, 0.2) is 0 Å². The van der Waals surface area contributed by atoms with E-state index in [0.29, 0.717) is 16.9 Å². The highest BCUT2D eigenvalue weighted by Crippen LogP contribution is 2.41. The number of carboxylic acid groups (broad SMARTS) is 1. The van der Waals surface area contributed by atoms with Crippen molar-refractivity contribution in [3.63, 3.8) is 0 Å². The Morgan fingerprint density at radius 3 is 2.22 bits per heavy atom. The van der Waals surface area contributed by atoms with Gasteiger partial charge in [-0.1, -0.05) is 12.1 Å². The van der Waals surface area contributed by atoms with Gasteiger partial charge in [-0.15, -0.1) is 0 Å². The number of halogens is 2. The molecule has 1 unspecified atom stereocenters. The van der Waals surface area contributed by atoms with Crippen LogP contribution in [0.25, 0.3) is 5.69 Å². The SMILES string of the molecule is O=C1CC(c2ccc(F)cc2)c2c(c(C(=O)O)cn2-c2ccc(F)cc2)N1. The maximum Gasteiger partial charge on any atom is 0.339 e. The number of hydrogen-bond acceptors (Lipinski definition) is 2. The number of aromatic carboxylic acids is 1. The van der Waals surface area contributed by atoms with Gasteiger partial charge in [-0.25, -0.2) is 13.6 Å². The number of carboxylic acids is 1. The lowest BCUT2D eigenvalue weighted by Crippen LogP contribution is -2.25. The molecule has 1 atom stereocenters. The lowest BCUT2D eigenvalue weighted by Gasteiger charge is -2.26. The van der Waals surface area contributed by atoms with Crippen molar-refractivity contribution in [2.75, 3.05) is 5.32 Å². The number of rotatable bonds is 3. The van der Waals surface area contributed by atoms with Gasteiger partial charge in [0, 0.05) is 24.2 Å². The molecule has 0 saturated carbocycles. The zero-order valence-electron chi connectivity index (χ0n) is 13.9. The number of benzene rings is 2. The zero-order valence-corrected chi connectivity index (χ0v) is 13.9. The number of amides is 1. The molecule has 1 aliphatic heterocycles. The molecule has 0 radical (unpaired) electrons. The largest absolute Gasteiger partial charge is 0.478 e. The molecule has 0 saturated heterocycles. The number of fused-ring (bicyclic) bond motifs is 1. The van der Waals surface area contributed by atoms with Gasteiger partial charge in [0.1, 0.15) is 17.2 Å². The molecule has 2 N–H and O–H groups in total. The number of nitrogens with zero attached hydrogens (tertiary/aromatic N) is 1. The first-order chi connectivity index (χ1) is 12.9. The predicted molar refractivity (Wildman–Crippen MR) is 94.2 cm³/mol. The van der Waals surface area contributed by atoms with Crippen LogP contribution in [0.2, 0.25) is 0 Å². The number of carbonyl (C=O) groups excluding carboxylic acids is 1. The van der Waals surface area contributed by atoms with Crippen molar-refractivity contribution in [3.8, 4) is 5.69 Å². The van der Waals surface area contributed by atoms with Crippen LogP contribution in [-0.2, 0) is 4.79 Å². The van der Waals surface area contributed by atoms with E-state index in [-0.39, 0.29) is 23.6 Å². The molecule has 2 heterocycles. The van der Waals surface area contributed by atoms with Crippen molar-refractivity contribution < 1.29 is 23.5 Å². The third kappa shape index (κ3) is 2.97. The minimum atomic E-state index is -1.19. The fourth-order valence-corrected chi connectivity index (χ4v) is 3.42. The number of carbonyl (C=O) groups is 2. The summed E-state index contributed by atoms with van der Waals surface area (Å²) in [6, 6.07) is 11.3. The number of anilines is 1. The van der Waals surface area contributed by atoms with Gasteiger partial charge < -0.3 is 15.0 Å². The van der Waals surface area contributed by atoms with Crippen LogP contribution in [0.5, 0.6) is 0 Å². The molecular formula is C20H14F2N2O3. The van der Waals surface area contributed by atoms with Crippen molar-refractivity contribution in [3.05, 3.63) is 83.2 Å². The summed E-state index contributed by atoms with van der Waals surface area (Å²) in [7, 11) is 0. The van der Waals surface area contributed by atoms with E-state index in [4.69, 9.17) is 0 Å². The van der Waals surface area contributed by atoms with E-state index < -0.39 is 23.5 Å². The second-order valence-corrected chi connectivity index (χ2v) is 6.31. The minimum absolute atomic E-state index is 0.0607. The fourth-order valence-electron chi connectivity index (χ4n) is 3.42. The molecule has 27 heavy (non-hydrogen) atoms. The molecule has 3 aromatic rings. The Bertz CT molecular complexity index is 1040. The van der Waals surface area contributed by atoms with Gasteiger partial charge in [-0.3, -0.25) is 4.79 Å². The van der Waals surface area contributed by atoms with E-state index in [1.54, 1.807) is 16.7 Å². The van der Waals surface area contributed by atoms with Crippen molar-refractivity contribution in [2.24, 2.45) is 0 Å². The fraction of sp³-hybridized carbons (Fsp3) is 0.100. The van der Waals surface area contributed by atoms with Gasteiger partial charge in [0.05, 0.1) is 11.4 Å². The molecule has 5 nitrogen and oxygen atoms in total. The average Bonchev–Trinajstić information content (AvgIpc) is 3.02.